The van der Waals surface area contributed by atoms with Crippen molar-refractivity contribution in [1.82, 2.24) is 19.7 Å². The first-order valence-corrected chi connectivity index (χ1v) is 10.4. The fourth-order valence-electron chi connectivity index (χ4n) is 5.00. The first kappa shape index (κ1) is 17.4. The minimum atomic E-state index is 0.0751. The van der Waals surface area contributed by atoms with E-state index >= 15 is 0 Å². The largest absolute Gasteiger partial charge is 0.304 e. The van der Waals surface area contributed by atoms with Crippen LogP contribution in [0.4, 0.5) is 5.13 Å². The number of carbonyl (C=O) groups is 1. The summed E-state index contributed by atoms with van der Waals surface area (Å²) in [6.07, 6.45) is 5.72. The van der Waals surface area contributed by atoms with Crippen molar-refractivity contribution in [1.29, 1.82) is 0 Å². The summed E-state index contributed by atoms with van der Waals surface area (Å²) in [4.78, 5) is 24.0. The normalized spacial score (nSPS) is 31.8. The molecule has 0 radical (unpaired) electrons. The monoisotopic (exact) mass is 363 g/mol. The highest BCUT2D eigenvalue weighted by Gasteiger charge is 2.43. The van der Waals surface area contributed by atoms with Gasteiger partial charge < -0.3 is 10.2 Å². The lowest BCUT2D eigenvalue weighted by atomic mass is 9.72. The molecule has 7 heteroatoms. The van der Waals surface area contributed by atoms with Crippen LogP contribution in [0.1, 0.15) is 19.3 Å². The predicted octanol–water partition coefficient (Wildman–Crippen LogP) is 1.43. The number of nitrogens with one attached hydrogen (secondary N) is 1. The average molecular weight is 364 g/mol. The zero-order valence-electron chi connectivity index (χ0n) is 15.1. The number of piperazine rings is 1. The SMILES string of the molecule is CN1CCN(C2C3CCCC2CN(CC(=O)Nc2nccs2)C3)CC1. The minimum Gasteiger partial charge on any atom is -0.304 e. The minimum absolute atomic E-state index is 0.0751. The third kappa shape index (κ3) is 4.05. The lowest BCUT2D eigenvalue weighted by Crippen LogP contribution is -2.61. The van der Waals surface area contributed by atoms with E-state index in [9.17, 15) is 4.79 Å². The van der Waals surface area contributed by atoms with Gasteiger partial charge in [-0.2, -0.15) is 0 Å². The third-order valence-electron chi connectivity index (χ3n) is 6.11. The first-order chi connectivity index (χ1) is 12.2. The van der Waals surface area contributed by atoms with Crippen LogP contribution in [0.3, 0.4) is 0 Å². The van der Waals surface area contributed by atoms with Crippen LogP contribution in [-0.2, 0) is 4.79 Å². The Balaban J connectivity index is 1.35. The van der Waals surface area contributed by atoms with E-state index in [0.29, 0.717) is 11.7 Å². The molecule has 3 heterocycles. The molecular formula is C18H29N5OS. The van der Waals surface area contributed by atoms with Gasteiger partial charge in [0.05, 0.1) is 6.54 Å². The summed E-state index contributed by atoms with van der Waals surface area (Å²) < 4.78 is 0. The second-order valence-electron chi connectivity index (χ2n) is 7.86. The maximum atomic E-state index is 12.3. The van der Waals surface area contributed by atoms with E-state index in [2.05, 4.69) is 32.0 Å². The van der Waals surface area contributed by atoms with E-state index in [1.165, 1.54) is 56.8 Å². The highest BCUT2D eigenvalue weighted by atomic mass is 32.1. The lowest BCUT2D eigenvalue weighted by molar-refractivity contribution is -0.119. The van der Waals surface area contributed by atoms with Crippen LogP contribution in [0.2, 0.25) is 0 Å². The fraction of sp³-hybridized carbons (Fsp3) is 0.778. The second kappa shape index (κ2) is 7.70. The quantitative estimate of drug-likeness (QED) is 0.877. The summed E-state index contributed by atoms with van der Waals surface area (Å²) in [5.74, 6) is 1.53. The second-order valence-corrected chi connectivity index (χ2v) is 8.75. The number of rotatable bonds is 4. The van der Waals surface area contributed by atoms with Crippen molar-refractivity contribution in [3.05, 3.63) is 11.6 Å². The molecule has 25 heavy (non-hydrogen) atoms. The Hall–Kier alpha value is -1.02. The van der Waals surface area contributed by atoms with E-state index in [1.807, 2.05) is 5.38 Å². The molecule has 2 unspecified atom stereocenters. The Bertz CT molecular complexity index is 558. The summed E-state index contributed by atoms with van der Waals surface area (Å²) in [7, 11) is 2.22. The maximum Gasteiger partial charge on any atom is 0.240 e. The number of amides is 1. The van der Waals surface area contributed by atoms with Crippen LogP contribution in [0, 0.1) is 11.8 Å². The van der Waals surface area contributed by atoms with Crippen LogP contribution < -0.4 is 5.32 Å². The number of likely N-dealkylation sites (N-methyl/N-ethyl adjacent to an activating group) is 1. The van der Waals surface area contributed by atoms with Crippen molar-refractivity contribution in [2.45, 2.75) is 25.3 Å². The van der Waals surface area contributed by atoms with Crippen molar-refractivity contribution in [3.8, 4) is 0 Å². The molecule has 1 aromatic heterocycles. The molecule has 1 aromatic rings. The summed E-state index contributed by atoms with van der Waals surface area (Å²) in [6.45, 7) is 7.43. The number of hydrogen-bond acceptors (Lipinski definition) is 6. The van der Waals surface area contributed by atoms with E-state index in [-0.39, 0.29) is 5.91 Å². The molecule has 2 bridgehead atoms. The Kier molecular flexibility index (Phi) is 5.36. The number of carbonyl (C=O) groups excluding carboxylic acids is 1. The van der Waals surface area contributed by atoms with Gasteiger partial charge in [-0.3, -0.25) is 14.6 Å². The van der Waals surface area contributed by atoms with Gasteiger partial charge in [0.2, 0.25) is 5.91 Å². The number of anilines is 1. The summed E-state index contributed by atoms with van der Waals surface area (Å²) in [5, 5.41) is 5.52. The topological polar surface area (TPSA) is 51.7 Å². The number of thiazole rings is 1. The molecule has 0 aromatic carbocycles. The lowest BCUT2D eigenvalue weighted by Gasteiger charge is -2.53. The molecule has 1 amide bonds. The van der Waals surface area contributed by atoms with Gasteiger partial charge in [0.25, 0.3) is 0 Å². The third-order valence-corrected chi connectivity index (χ3v) is 6.80. The van der Waals surface area contributed by atoms with Crippen molar-refractivity contribution >= 4 is 22.4 Å². The molecule has 2 aliphatic heterocycles. The molecule has 1 aliphatic carbocycles. The van der Waals surface area contributed by atoms with Gasteiger partial charge in [-0.1, -0.05) is 6.42 Å². The highest BCUT2D eigenvalue weighted by molar-refractivity contribution is 7.13. The van der Waals surface area contributed by atoms with Crippen LogP contribution in [-0.4, -0.2) is 84.5 Å². The maximum absolute atomic E-state index is 12.3. The molecule has 3 aliphatic rings. The summed E-state index contributed by atoms with van der Waals surface area (Å²) >= 11 is 1.48. The fourth-order valence-corrected chi connectivity index (χ4v) is 5.54. The zero-order chi connectivity index (χ0) is 17.2. The zero-order valence-corrected chi connectivity index (χ0v) is 15.9. The highest BCUT2D eigenvalue weighted by Crippen LogP contribution is 2.38. The Morgan fingerprint density at radius 1 is 1.24 bits per heavy atom. The van der Waals surface area contributed by atoms with Gasteiger partial charge in [-0.05, 0) is 31.7 Å². The number of piperidine rings is 1. The standard InChI is InChI=1S/C18H29N5OS/c1-21-6-8-23(9-7-21)17-14-3-2-4-15(17)12-22(11-14)13-16(24)20-18-19-5-10-25-18/h5,10,14-15,17H,2-4,6-9,11-13H2,1H3,(H,19,20,24). The average Bonchev–Trinajstić information content (AvgIpc) is 3.08. The van der Waals surface area contributed by atoms with Gasteiger partial charge in [0.15, 0.2) is 5.13 Å². The summed E-state index contributed by atoms with van der Waals surface area (Å²) in [6, 6.07) is 0.737. The summed E-state index contributed by atoms with van der Waals surface area (Å²) in [5.41, 5.74) is 0. The van der Waals surface area contributed by atoms with Crippen molar-refractivity contribution in [3.63, 3.8) is 0 Å². The molecule has 4 rings (SSSR count). The van der Waals surface area contributed by atoms with Gasteiger partial charge in [-0.25, -0.2) is 4.98 Å². The molecule has 138 valence electrons. The van der Waals surface area contributed by atoms with Crippen molar-refractivity contribution in [2.75, 3.05) is 58.2 Å². The molecule has 0 spiro atoms. The van der Waals surface area contributed by atoms with Crippen LogP contribution in [0.5, 0.6) is 0 Å². The van der Waals surface area contributed by atoms with E-state index in [0.717, 1.165) is 31.0 Å². The van der Waals surface area contributed by atoms with Gasteiger partial charge in [-0.15, -0.1) is 11.3 Å². The number of aromatic nitrogens is 1. The Morgan fingerprint density at radius 2 is 1.96 bits per heavy atom. The molecular weight excluding hydrogens is 334 g/mol. The van der Waals surface area contributed by atoms with Gasteiger partial charge in [0.1, 0.15) is 0 Å². The van der Waals surface area contributed by atoms with E-state index in [1.54, 1.807) is 6.20 Å². The number of fused-ring (bicyclic) bond motifs is 2. The Morgan fingerprint density at radius 3 is 2.60 bits per heavy atom. The van der Waals surface area contributed by atoms with E-state index < -0.39 is 0 Å². The first-order valence-electron chi connectivity index (χ1n) is 9.53. The number of hydrogen-bond donors (Lipinski definition) is 1. The smallest absolute Gasteiger partial charge is 0.240 e. The molecule has 2 saturated heterocycles. The van der Waals surface area contributed by atoms with Crippen molar-refractivity contribution < 1.29 is 4.79 Å². The van der Waals surface area contributed by atoms with Crippen LogP contribution in [0.25, 0.3) is 0 Å². The van der Waals surface area contributed by atoms with Gasteiger partial charge in [0, 0.05) is 56.9 Å². The van der Waals surface area contributed by atoms with Crippen molar-refractivity contribution in [2.24, 2.45) is 11.8 Å². The molecule has 1 N–H and O–H groups in total. The predicted molar refractivity (Wildman–Crippen MR) is 101 cm³/mol. The van der Waals surface area contributed by atoms with Crippen LogP contribution in [0.15, 0.2) is 11.6 Å². The van der Waals surface area contributed by atoms with Crippen LogP contribution >= 0.6 is 11.3 Å². The molecule has 3 fully saturated rings. The molecule has 2 atom stereocenters. The Labute approximate surface area is 154 Å². The number of nitrogens with zero attached hydrogens (tertiary/aromatic N) is 4. The van der Waals surface area contributed by atoms with Gasteiger partial charge >= 0.3 is 0 Å². The van der Waals surface area contributed by atoms with E-state index in [4.69, 9.17) is 0 Å². The molecule has 6 nitrogen and oxygen atoms in total. The number of likely N-dealkylation sites (tertiary alicyclic amines) is 1. The molecule has 1 saturated carbocycles.